The van der Waals surface area contributed by atoms with E-state index in [-0.39, 0.29) is 22.3 Å². The second kappa shape index (κ2) is 6.84. The molecule has 0 aromatic heterocycles. The molecule has 2 nitrogen and oxygen atoms in total. The Bertz CT molecular complexity index is 467. The first-order chi connectivity index (χ1) is 9.09. The van der Waals surface area contributed by atoms with Gasteiger partial charge in [0.25, 0.3) is 5.91 Å². The highest BCUT2D eigenvalue weighted by molar-refractivity contribution is 9.10. The molecule has 1 aliphatic carbocycles. The number of carbonyl (C=O) groups excluding carboxylic acids is 1. The molecule has 0 radical (unpaired) electrons. The molecule has 0 bridgehead atoms. The number of carbonyl (C=O) groups is 1. The van der Waals surface area contributed by atoms with E-state index in [0.717, 1.165) is 19.3 Å². The van der Waals surface area contributed by atoms with E-state index in [1.54, 1.807) is 12.1 Å². The Labute approximate surface area is 129 Å². The molecule has 1 aromatic rings. The smallest absolute Gasteiger partial charge is 0.254 e. The predicted octanol–water partition coefficient (Wildman–Crippen LogP) is 4.41. The maximum atomic E-state index is 13.9. The lowest BCUT2D eigenvalue weighted by molar-refractivity contribution is 0.0930. The van der Waals surface area contributed by atoms with Gasteiger partial charge in [0.2, 0.25) is 0 Å². The van der Waals surface area contributed by atoms with Gasteiger partial charge in [0.1, 0.15) is 5.82 Å². The first-order valence-corrected chi connectivity index (χ1v) is 8.19. The molecule has 1 fully saturated rings. The zero-order valence-electron chi connectivity index (χ0n) is 10.5. The second-order valence-electron chi connectivity index (χ2n) is 4.84. The van der Waals surface area contributed by atoms with Crippen LogP contribution in [0.5, 0.6) is 0 Å². The zero-order valence-corrected chi connectivity index (χ0v) is 13.6. The number of amides is 1. The summed E-state index contributed by atoms with van der Waals surface area (Å²) in [4.78, 5) is 12.4. The van der Waals surface area contributed by atoms with Crippen molar-refractivity contribution in [3.8, 4) is 0 Å². The van der Waals surface area contributed by atoms with E-state index in [1.807, 2.05) is 0 Å². The minimum atomic E-state index is -0.500. The number of benzene rings is 1. The summed E-state index contributed by atoms with van der Waals surface area (Å²) in [5, 5.41) is 2.95. The van der Waals surface area contributed by atoms with Crippen LogP contribution in [0.4, 0.5) is 4.39 Å². The van der Waals surface area contributed by atoms with Crippen molar-refractivity contribution in [3.05, 3.63) is 34.1 Å². The highest BCUT2D eigenvalue weighted by atomic mass is 79.9. The number of rotatable bonds is 2. The lowest BCUT2D eigenvalue weighted by Gasteiger charge is -2.21. The Morgan fingerprint density at radius 3 is 2.79 bits per heavy atom. The van der Waals surface area contributed by atoms with E-state index in [1.165, 1.54) is 18.9 Å². The molecule has 5 heteroatoms. The topological polar surface area (TPSA) is 29.1 Å². The average molecular weight is 393 g/mol. The Hall–Kier alpha value is -0.420. The van der Waals surface area contributed by atoms with Crippen molar-refractivity contribution in [2.24, 2.45) is 0 Å². The van der Waals surface area contributed by atoms with E-state index in [0.29, 0.717) is 4.47 Å². The van der Waals surface area contributed by atoms with Gasteiger partial charge in [-0.15, -0.1) is 0 Å². The van der Waals surface area contributed by atoms with Crippen LogP contribution in [0.1, 0.15) is 42.5 Å². The molecule has 0 spiro atoms. The van der Waals surface area contributed by atoms with E-state index in [4.69, 9.17) is 0 Å². The molecule has 1 amide bonds. The fourth-order valence-electron chi connectivity index (χ4n) is 2.35. The van der Waals surface area contributed by atoms with Crippen LogP contribution >= 0.6 is 31.9 Å². The van der Waals surface area contributed by atoms with Crippen LogP contribution in [0.25, 0.3) is 0 Å². The zero-order chi connectivity index (χ0) is 13.8. The first-order valence-electron chi connectivity index (χ1n) is 6.48. The normalized spacial score (nSPS) is 23.7. The summed E-state index contributed by atoms with van der Waals surface area (Å²) < 4.78 is 14.2. The number of halogens is 3. The lowest BCUT2D eigenvalue weighted by Crippen LogP contribution is -2.40. The highest BCUT2D eigenvalue weighted by Crippen LogP contribution is 2.25. The third-order valence-corrected chi connectivity index (χ3v) is 5.15. The van der Waals surface area contributed by atoms with Gasteiger partial charge in [-0.25, -0.2) is 4.39 Å². The standard InChI is InChI=1S/C14H16Br2FNO/c15-10-6-2-1-3-8-12(10)18-14(19)9-5-4-7-11(16)13(9)17/h4-5,7,10,12H,1-3,6,8H2,(H,18,19). The van der Waals surface area contributed by atoms with E-state index >= 15 is 0 Å². The largest absolute Gasteiger partial charge is 0.348 e. The second-order valence-corrected chi connectivity index (χ2v) is 6.87. The SMILES string of the molecule is O=C(NC1CCCCCC1Br)c1cccc(Br)c1F. The van der Waals surface area contributed by atoms with Crippen LogP contribution < -0.4 is 5.32 Å². The number of alkyl halides is 1. The van der Waals surface area contributed by atoms with Crippen LogP contribution in [0, 0.1) is 5.82 Å². The van der Waals surface area contributed by atoms with Crippen LogP contribution in [0.2, 0.25) is 0 Å². The summed E-state index contributed by atoms with van der Waals surface area (Å²) in [6, 6.07) is 4.84. The van der Waals surface area contributed by atoms with Crippen molar-refractivity contribution in [1.29, 1.82) is 0 Å². The summed E-state index contributed by atoms with van der Waals surface area (Å²) in [6.45, 7) is 0. The molecule has 2 atom stereocenters. The van der Waals surface area contributed by atoms with Gasteiger partial charge in [-0.1, -0.05) is 41.3 Å². The maximum Gasteiger partial charge on any atom is 0.254 e. The van der Waals surface area contributed by atoms with Crippen LogP contribution in [-0.2, 0) is 0 Å². The van der Waals surface area contributed by atoms with Crippen molar-refractivity contribution in [2.75, 3.05) is 0 Å². The third-order valence-electron chi connectivity index (χ3n) is 3.44. The summed E-state index contributed by atoms with van der Waals surface area (Å²) >= 11 is 6.72. The number of hydrogen-bond acceptors (Lipinski definition) is 1. The molecule has 104 valence electrons. The van der Waals surface area contributed by atoms with Gasteiger partial charge >= 0.3 is 0 Å². The molecule has 1 N–H and O–H groups in total. The Morgan fingerprint density at radius 1 is 1.26 bits per heavy atom. The molecular formula is C14H16Br2FNO. The van der Waals surface area contributed by atoms with Crippen molar-refractivity contribution in [1.82, 2.24) is 5.32 Å². The van der Waals surface area contributed by atoms with Gasteiger partial charge in [0, 0.05) is 10.9 Å². The summed E-state index contributed by atoms with van der Waals surface area (Å²) in [5.41, 5.74) is 0.0957. The number of nitrogens with one attached hydrogen (secondary N) is 1. The Kier molecular flexibility index (Phi) is 5.39. The minimum absolute atomic E-state index is 0.0772. The molecular weight excluding hydrogens is 377 g/mol. The van der Waals surface area contributed by atoms with Crippen molar-refractivity contribution in [3.63, 3.8) is 0 Å². The van der Waals surface area contributed by atoms with E-state index in [2.05, 4.69) is 37.2 Å². The predicted molar refractivity (Wildman–Crippen MR) is 81.2 cm³/mol. The van der Waals surface area contributed by atoms with Crippen LogP contribution in [0.15, 0.2) is 22.7 Å². The minimum Gasteiger partial charge on any atom is -0.348 e. The van der Waals surface area contributed by atoms with Gasteiger partial charge in [0.15, 0.2) is 0 Å². The maximum absolute atomic E-state index is 13.9. The summed E-state index contributed by atoms with van der Waals surface area (Å²) in [5.74, 6) is -0.838. The quantitative estimate of drug-likeness (QED) is 0.586. The van der Waals surface area contributed by atoms with Gasteiger partial charge in [-0.2, -0.15) is 0 Å². The van der Waals surface area contributed by atoms with Gasteiger partial charge < -0.3 is 5.32 Å². The lowest BCUT2D eigenvalue weighted by atomic mass is 10.1. The third kappa shape index (κ3) is 3.78. The molecule has 1 aliphatic rings. The molecule has 2 unspecified atom stereocenters. The van der Waals surface area contributed by atoms with Crippen LogP contribution in [-0.4, -0.2) is 16.8 Å². The molecule has 2 rings (SSSR count). The summed E-state index contributed by atoms with van der Waals surface area (Å²) in [7, 11) is 0. The van der Waals surface area contributed by atoms with Gasteiger partial charge in [-0.05, 0) is 40.9 Å². The fourth-order valence-corrected chi connectivity index (χ4v) is 3.44. The molecule has 1 aromatic carbocycles. The van der Waals surface area contributed by atoms with Crippen molar-refractivity contribution in [2.45, 2.75) is 43.0 Å². The molecule has 0 heterocycles. The monoisotopic (exact) mass is 391 g/mol. The van der Waals surface area contributed by atoms with Crippen LogP contribution in [0.3, 0.4) is 0 Å². The van der Waals surface area contributed by atoms with Crippen molar-refractivity contribution >= 4 is 37.8 Å². The Morgan fingerprint density at radius 2 is 2.00 bits per heavy atom. The van der Waals surface area contributed by atoms with E-state index < -0.39 is 5.82 Å². The molecule has 0 saturated heterocycles. The molecule has 1 saturated carbocycles. The van der Waals surface area contributed by atoms with Gasteiger partial charge in [0.05, 0.1) is 10.0 Å². The van der Waals surface area contributed by atoms with Gasteiger partial charge in [-0.3, -0.25) is 4.79 Å². The summed E-state index contributed by atoms with van der Waals surface area (Å²) in [6.07, 6.45) is 5.46. The number of hydrogen-bond donors (Lipinski definition) is 1. The Balaban J connectivity index is 2.09. The molecule has 0 aliphatic heterocycles. The average Bonchev–Trinajstić information content (AvgIpc) is 2.58. The molecule has 19 heavy (non-hydrogen) atoms. The fraction of sp³-hybridized carbons (Fsp3) is 0.500. The first kappa shape index (κ1) is 15.0. The van der Waals surface area contributed by atoms with Crippen molar-refractivity contribution < 1.29 is 9.18 Å². The van der Waals surface area contributed by atoms with E-state index in [9.17, 15) is 9.18 Å². The highest BCUT2D eigenvalue weighted by Gasteiger charge is 2.24.